The second-order valence-corrected chi connectivity index (χ2v) is 6.74. The Morgan fingerprint density at radius 3 is 2.75 bits per heavy atom. The van der Waals surface area contributed by atoms with Gasteiger partial charge in [-0.05, 0) is 42.5 Å². The van der Waals surface area contributed by atoms with E-state index in [1.165, 1.54) is 9.87 Å². The van der Waals surface area contributed by atoms with Gasteiger partial charge in [-0.1, -0.05) is 18.1 Å². The fourth-order valence-electron chi connectivity index (χ4n) is 2.44. The summed E-state index contributed by atoms with van der Waals surface area (Å²) in [6, 6.07) is 5.26. The lowest BCUT2D eigenvalue weighted by atomic mass is 10.1. The maximum Gasteiger partial charge on any atom is 0.243 e. The normalized spacial score (nSPS) is 15.6. The predicted octanol–water partition coefficient (Wildman–Crippen LogP) is 0.932. The average Bonchev–Trinajstić information content (AvgIpc) is 2.91. The van der Waals surface area contributed by atoms with Gasteiger partial charge in [-0.3, -0.25) is 0 Å². The molecule has 0 amide bonds. The van der Waals surface area contributed by atoms with E-state index in [4.69, 9.17) is 10.9 Å². The van der Waals surface area contributed by atoms with Crippen molar-refractivity contribution in [3.05, 3.63) is 29.3 Å². The molecule has 0 unspecified atom stereocenters. The fourth-order valence-corrected chi connectivity index (χ4v) is 3.91. The van der Waals surface area contributed by atoms with Crippen LogP contribution in [0.3, 0.4) is 0 Å². The Bertz CT molecular complexity index is 626. The molecule has 0 aliphatic heterocycles. The molecule has 0 saturated carbocycles. The van der Waals surface area contributed by atoms with Crippen molar-refractivity contribution in [3.63, 3.8) is 0 Å². The molecule has 2 rings (SSSR count). The van der Waals surface area contributed by atoms with Gasteiger partial charge in [-0.25, -0.2) is 8.42 Å². The van der Waals surface area contributed by atoms with Crippen molar-refractivity contribution >= 4 is 15.9 Å². The smallest absolute Gasteiger partial charge is 0.243 e. The van der Waals surface area contributed by atoms with E-state index < -0.39 is 10.0 Å². The van der Waals surface area contributed by atoms with Crippen molar-refractivity contribution in [3.8, 4) is 0 Å². The zero-order valence-corrected chi connectivity index (χ0v) is 12.2. The second kappa shape index (κ2) is 5.80. The van der Waals surface area contributed by atoms with Crippen LogP contribution in [0.25, 0.3) is 0 Å². The third-order valence-corrected chi connectivity index (χ3v) is 5.44. The second-order valence-electron chi connectivity index (χ2n) is 4.81. The number of likely N-dealkylation sites (N-methyl/N-ethyl adjacent to an activating group) is 1. The van der Waals surface area contributed by atoms with Gasteiger partial charge >= 0.3 is 0 Å². The Labute approximate surface area is 118 Å². The van der Waals surface area contributed by atoms with E-state index >= 15 is 0 Å². The van der Waals surface area contributed by atoms with Crippen LogP contribution in [-0.4, -0.2) is 36.9 Å². The molecule has 0 bridgehead atoms. The molecule has 1 aromatic rings. The van der Waals surface area contributed by atoms with E-state index in [-0.39, 0.29) is 23.8 Å². The SMILES string of the molecule is CCN(CC(N)=NO)S(=O)(=O)c1ccc2c(c1)CCC2. The van der Waals surface area contributed by atoms with Crippen LogP contribution >= 0.6 is 0 Å². The van der Waals surface area contributed by atoms with Crippen molar-refractivity contribution in [1.82, 2.24) is 4.31 Å². The van der Waals surface area contributed by atoms with E-state index in [9.17, 15) is 8.42 Å². The third kappa shape index (κ3) is 2.78. The highest BCUT2D eigenvalue weighted by atomic mass is 32.2. The summed E-state index contributed by atoms with van der Waals surface area (Å²) in [5.41, 5.74) is 7.74. The van der Waals surface area contributed by atoms with Gasteiger partial charge in [0.25, 0.3) is 0 Å². The first-order valence-electron chi connectivity index (χ1n) is 6.57. The molecule has 110 valence electrons. The fraction of sp³-hybridized carbons (Fsp3) is 0.462. The van der Waals surface area contributed by atoms with E-state index in [1.54, 1.807) is 19.1 Å². The summed E-state index contributed by atoms with van der Waals surface area (Å²) in [5, 5.41) is 11.4. The molecular formula is C13H19N3O3S. The molecule has 0 aromatic heterocycles. The number of hydrogen-bond donors (Lipinski definition) is 2. The summed E-state index contributed by atoms with van der Waals surface area (Å²) in [5.74, 6) is -0.128. The van der Waals surface area contributed by atoms with Gasteiger partial charge in [0.1, 0.15) is 0 Å². The molecule has 1 aliphatic carbocycles. The number of amidine groups is 1. The van der Waals surface area contributed by atoms with Gasteiger partial charge in [0, 0.05) is 6.54 Å². The van der Waals surface area contributed by atoms with Crippen LogP contribution in [0.4, 0.5) is 0 Å². The maximum absolute atomic E-state index is 12.5. The number of nitrogens with zero attached hydrogens (tertiary/aromatic N) is 2. The van der Waals surface area contributed by atoms with Crippen LogP contribution in [0.5, 0.6) is 0 Å². The number of sulfonamides is 1. The first-order valence-corrected chi connectivity index (χ1v) is 8.01. The summed E-state index contributed by atoms with van der Waals surface area (Å²) in [6.07, 6.45) is 3.00. The first-order chi connectivity index (χ1) is 9.48. The lowest BCUT2D eigenvalue weighted by Crippen LogP contribution is -2.38. The minimum absolute atomic E-state index is 0.119. The lowest BCUT2D eigenvalue weighted by molar-refractivity contribution is 0.315. The summed E-state index contributed by atoms with van der Waals surface area (Å²) < 4.78 is 26.3. The lowest BCUT2D eigenvalue weighted by Gasteiger charge is -2.20. The number of rotatable bonds is 5. The maximum atomic E-state index is 12.5. The monoisotopic (exact) mass is 297 g/mol. The highest BCUT2D eigenvalue weighted by Crippen LogP contribution is 2.26. The van der Waals surface area contributed by atoms with Gasteiger partial charge in [0.2, 0.25) is 10.0 Å². The molecule has 0 heterocycles. The van der Waals surface area contributed by atoms with Crippen LogP contribution in [0.15, 0.2) is 28.3 Å². The van der Waals surface area contributed by atoms with Crippen molar-refractivity contribution in [2.45, 2.75) is 31.1 Å². The van der Waals surface area contributed by atoms with Crippen LogP contribution in [0.2, 0.25) is 0 Å². The number of oxime groups is 1. The van der Waals surface area contributed by atoms with Crippen molar-refractivity contribution in [2.24, 2.45) is 10.9 Å². The highest BCUT2D eigenvalue weighted by molar-refractivity contribution is 7.89. The van der Waals surface area contributed by atoms with Gasteiger partial charge in [-0.15, -0.1) is 0 Å². The number of fused-ring (bicyclic) bond motifs is 1. The number of aryl methyl sites for hydroxylation is 2. The molecule has 0 spiro atoms. The molecule has 20 heavy (non-hydrogen) atoms. The summed E-state index contributed by atoms with van der Waals surface area (Å²) in [7, 11) is -3.62. The van der Waals surface area contributed by atoms with Crippen molar-refractivity contribution in [2.75, 3.05) is 13.1 Å². The molecule has 6 nitrogen and oxygen atoms in total. The van der Waals surface area contributed by atoms with Crippen molar-refractivity contribution in [1.29, 1.82) is 0 Å². The van der Waals surface area contributed by atoms with Crippen LogP contribution in [0.1, 0.15) is 24.5 Å². The largest absolute Gasteiger partial charge is 0.409 e. The Hall–Kier alpha value is -1.60. The van der Waals surface area contributed by atoms with Gasteiger partial charge < -0.3 is 10.9 Å². The Morgan fingerprint density at radius 1 is 1.40 bits per heavy atom. The van der Waals surface area contributed by atoms with Crippen LogP contribution in [0, 0.1) is 0 Å². The first kappa shape index (κ1) is 14.8. The van der Waals surface area contributed by atoms with Crippen LogP contribution in [-0.2, 0) is 22.9 Å². The Balaban J connectivity index is 2.33. The minimum Gasteiger partial charge on any atom is -0.409 e. The van der Waals surface area contributed by atoms with Gasteiger partial charge in [0.15, 0.2) is 5.84 Å². The summed E-state index contributed by atoms with van der Waals surface area (Å²) >= 11 is 0. The quantitative estimate of drug-likeness (QED) is 0.366. The molecule has 0 atom stereocenters. The standard InChI is InChI=1S/C13H19N3O3S/c1-2-16(9-13(14)15-17)20(18,19)12-7-6-10-4-3-5-11(10)8-12/h6-8,17H,2-5,9H2,1H3,(H2,14,15). The predicted molar refractivity (Wildman–Crippen MR) is 76.3 cm³/mol. The minimum atomic E-state index is -3.62. The topological polar surface area (TPSA) is 96.0 Å². The van der Waals surface area contributed by atoms with Crippen molar-refractivity contribution < 1.29 is 13.6 Å². The molecule has 1 aliphatic rings. The number of nitrogens with two attached hydrogens (primary N) is 1. The average molecular weight is 297 g/mol. The highest BCUT2D eigenvalue weighted by Gasteiger charge is 2.25. The molecule has 0 radical (unpaired) electrons. The molecule has 7 heteroatoms. The Morgan fingerprint density at radius 2 is 2.10 bits per heavy atom. The van der Waals surface area contributed by atoms with E-state index in [2.05, 4.69) is 5.16 Å². The van der Waals surface area contributed by atoms with E-state index in [0.29, 0.717) is 0 Å². The zero-order valence-electron chi connectivity index (χ0n) is 11.4. The van der Waals surface area contributed by atoms with E-state index in [1.807, 2.05) is 6.07 Å². The molecule has 0 fully saturated rings. The van der Waals surface area contributed by atoms with Gasteiger partial charge in [0.05, 0.1) is 11.4 Å². The number of benzene rings is 1. The van der Waals surface area contributed by atoms with Gasteiger partial charge in [-0.2, -0.15) is 4.31 Å². The third-order valence-electron chi connectivity index (χ3n) is 3.53. The number of hydrogen-bond acceptors (Lipinski definition) is 4. The molecule has 0 saturated heterocycles. The Kier molecular flexibility index (Phi) is 4.29. The van der Waals surface area contributed by atoms with Crippen LogP contribution < -0.4 is 5.73 Å². The molecular weight excluding hydrogens is 278 g/mol. The molecule has 3 N–H and O–H groups in total. The molecule has 1 aromatic carbocycles. The zero-order chi connectivity index (χ0) is 14.8. The van der Waals surface area contributed by atoms with E-state index in [0.717, 1.165) is 24.8 Å². The summed E-state index contributed by atoms with van der Waals surface area (Å²) in [6.45, 7) is 1.86. The summed E-state index contributed by atoms with van der Waals surface area (Å²) in [4.78, 5) is 0.269.